The van der Waals surface area contributed by atoms with E-state index in [-0.39, 0.29) is 17.7 Å². The van der Waals surface area contributed by atoms with Crippen LogP contribution in [0.25, 0.3) is 0 Å². The molecule has 0 spiro atoms. The fourth-order valence-electron chi connectivity index (χ4n) is 2.55. The molecule has 0 saturated carbocycles. The zero-order chi connectivity index (χ0) is 15.7. The number of benzene rings is 1. The molecule has 0 aromatic heterocycles. The molecule has 1 amide bonds. The summed E-state index contributed by atoms with van der Waals surface area (Å²) in [5, 5.41) is 0. The van der Waals surface area contributed by atoms with Gasteiger partial charge in [0.25, 0.3) is 0 Å². The highest BCUT2D eigenvalue weighted by Gasteiger charge is 2.35. The van der Waals surface area contributed by atoms with Gasteiger partial charge in [0.1, 0.15) is 0 Å². The summed E-state index contributed by atoms with van der Waals surface area (Å²) in [5.41, 5.74) is 5.27. The summed E-state index contributed by atoms with van der Waals surface area (Å²) < 4.78 is 37.9. The van der Waals surface area contributed by atoms with Crippen LogP contribution in [0, 0.1) is 5.41 Å². The van der Waals surface area contributed by atoms with Crippen molar-refractivity contribution >= 4 is 5.91 Å². The number of alkyl halides is 3. The number of hydrogen-bond donors (Lipinski definition) is 1. The second-order valence-corrected chi connectivity index (χ2v) is 5.95. The minimum atomic E-state index is -4.38. The lowest BCUT2D eigenvalue weighted by Gasteiger charge is -2.22. The smallest absolute Gasteiger partial charge is 0.342 e. The number of likely N-dealkylation sites (tertiary alicyclic amines) is 1. The first-order valence-corrected chi connectivity index (χ1v) is 6.87. The molecule has 1 aromatic carbocycles. The van der Waals surface area contributed by atoms with Gasteiger partial charge in [0, 0.05) is 13.1 Å². The fraction of sp³-hybridized carbons (Fsp3) is 0.533. The number of carbonyl (C=O) groups excluding carboxylic acids is 1. The third-order valence-electron chi connectivity index (χ3n) is 4.01. The van der Waals surface area contributed by atoms with E-state index in [1.807, 2.05) is 6.92 Å². The number of halogens is 3. The second-order valence-electron chi connectivity index (χ2n) is 5.95. The van der Waals surface area contributed by atoms with Crippen LogP contribution in [0.5, 0.6) is 0 Å². The maximum atomic E-state index is 12.6. The second kappa shape index (κ2) is 5.67. The zero-order valence-electron chi connectivity index (χ0n) is 11.9. The first kappa shape index (κ1) is 15.8. The minimum Gasteiger partial charge on any atom is -0.342 e. The fourth-order valence-corrected chi connectivity index (χ4v) is 2.55. The Hall–Kier alpha value is -1.56. The lowest BCUT2D eigenvalue weighted by molar-refractivity contribution is -0.138. The summed E-state index contributed by atoms with van der Waals surface area (Å²) in [4.78, 5) is 13.9. The molecule has 0 radical (unpaired) electrons. The number of carbonyl (C=O) groups is 1. The topological polar surface area (TPSA) is 46.3 Å². The van der Waals surface area contributed by atoms with E-state index in [4.69, 9.17) is 5.73 Å². The molecule has 0 aliphatic carbocycles. The first-order valence-electron chi connectivity index (χ1n) is 6.87. The lowest BCUT2D eigenvalue weighted by Crippen LogP contribution is -2.35. The van der Waals surface area contributed by atoms with Crippen LogP contribution < -0.4 is 5.73 Å². The van der Waals surface area contributed by atoms with Crippen LogP contribution in [-0.2, 0) is 17.4 Å². The average molecular weight is 300 g/mol. The van der Waals surface area contributed by atoms with Gasteiger partial charge in [-0.25, -0.2) is 0 Å². The average Bonchev–Trinajstić information content (AvgIpc) is 2.82. The molecule has 3 nitrogen and oxygen atoms in total. The van der Waals surface area contributed by atoms with Crippen LogP contribution in [0.4, 0.5) is 13.2 Å². The van der Waals surface area contributed by atoms with Gasteiger partial charge in [-0.15, -0.1) is 0 Å². The van der Waals surface area contributed by atoms with Gasteiger partial charge < -0.3 is 10.6 Å². The molecular weight excluding hydrogens is 281 g/mol. The van der Waals surface area contributed by atoms with Gasteiger partial charge in [0.2, 0.25) is 5.91 Å². The maximum absolute atomic E-state index is 12.6. The molecule has 1 aliphatic rings. The largest absolute Gasteiger partial charge is 0.416 e. The van der Waals surface area contributed by atoms with Crippen LogP contribution in [-0.4, -0.2) is 30.4 Å². The Morgan fingerprint density at radius 3 is 2.71 bits per heavy atom. The van der Waals surface area contributed by atoms with E-state index in [0.717, 1.165) is 18.6 Å². The van der Waals surface area contributed by atoms with Gasteiger partial charge in [0.05, 0.1) is 12.0 Å². The molecule has 2 rings (SSSR count). The SMILES string of the molecule is CC1(CN)CCN(C(=O)Cc2cccc(C(F)(F)F)c2)C1. The summed E-state index contributed by atoms with van der Waals surface area (Å²) in [6, 6.07) is 4.93. The van der Waals surface area contributed by atoms with Crippen molar-refractivity contribution in [2.75, 3.05) is 19.6 Å². The highest BCUT2D eigenvalue weighted by Crippen LogP contribution is 2.31. The van der Waals surface area contributed by atoms with Crippen molar-refractivity contribution in [1.82, 2.24) is 4.90 Å². The monoisotopic (exact) mass is 300 g/mol. The van der Waals surface area contributed by atoms with Crippen molar-refractivity contribution in [2.45, 2.75) is 25.9 Å². The standard InChI is InChI=1S/C15H19F3N2O/c1-14(9-19)5-6-20(10-14)13(21)8-11-3-2-4-12(7-11)15(16,17)18/h2-4,7H,5-6,8-10,19H2,1H3. The molecule has 1 saturated heterocycles. The number of nitrogens with two attached hydrogens (primary N) is 1. The van der Waals surface area contributed by atoms with Gasteiger partial charge in [-0.2, -0.15) is 13.2 Å². The number of amides is 1. The van der Waals surface area contributed by atoms with E-state index >= 15 is 0 Å². The van der Waals surface area contributed by atoms with Crippen molar-refractivity contribution in [3.05, 3.63) is 35.4 Å². The number of rotatable bonds is 3. The van der Waals surface area contributed by atoms with Gasteiger partial charge in [0.15, 0.2) is 0 Å². The van der Waals surface area contributed by atoms with Crippen molar-refractivity contribution in [1.29, 1.82) is 0 Å². The lowest BCUT2D eigenvalue weighted by atomic mass is 9.90. The molecule has 1 aromatic rings. The summed E-state index contributed by atoms with van der Waals surface area (Å²) in [7, 11) is 0. The Balaban J connectivity index is 2.04. The molecular formula is C15H19F3N2O. The third-order valence-corrected chi connectivity index (χ3v) is 4.01. The van der Waals surface area contributed by atoms with E-state index in [1.165, 1.54) is 6.07 Å². The Bertz CT molecular complexity index is 530. The summed E-state index contributed by atoms with van der Waals surface area (Å²) in [6.07, 6.45) is -3.56. The molecule has 1 atom stereocenters. The van der Waals surface area contributed by atoms with E-state index in [9.17, 15) is 18.0 Å². The molecule has 21 heavy (non-hydrogen) atoms. The van der Waals surface area contributed by atoms with Crippen molar-refractivity contribution in [3.8, 4) is 0 Å². The van der Waals surface area contributed by atoms with E-state index in [2.05, 4.69) is 0 Å². The Morgan fingerprint density at radius 2 is 2.14 bits per heavy atom. The number of hydrogen-bond acceptors (Lipinski definition) is 2. The minimum absolute atomic E-state index is 0.00935. The van der Waals surface area contributed by atoms with Crippen LogP contribution in [0.15, 0.2) is 24.3 Å². The van der Waals surface area contributed by atoms with Gasteiger partial charge >= 0.3 is 6.18 Å². The molecule has 2 N–H and O–H groups in total. The predicted molar refractivity (Wildman–Crippen MR) is 73.5 cm³/mol. The van der Waals surface area contributed by atoms with Gasteiger partial charge in [-0.3, -0.25) is 4.79 Å². The van der Waals surface area contributed by atoms with Crippen LogP contribution in [0.1, 0.15) is 24.5 Å². The van der Waals surface area contributed by atoms with Crippen molar-refractivity contribution in [2.24, 2.45) is 11.1 Å². The van der Waals surface area contributed by atoms with Crippen LogP contribution >= 0.6 is 0 Å². The van der Waals surface area contributed by atoms with Crippen LogP contribution in [0.2, 0.25) is 0 Å². The summed E-state index contributed by atoms with van der Waals surface area (Å²) in [6.45, 7) is 3.71. The van der Waals surface area contributed by atoms with Gasteiger partial charge in [-0.05, 0) is 30.0 Å². The van der Waals surface area contributed by atoms with Gasteiger partial charge in [-0.1, -0.05) is 25.1 Å². The molecule has 0 bridgehead atoms. The zero-order valence-corrected chi connectivity index (χ0v) is 11.9. The van der Waals surface area contributed by atoms with E-state index in [0.29, 0.717) is 25.2 Å². The predicted octanol–water partition coefficient (Wildman–Crippen LogP) is 2.45. The quantitative estimate of drug-likeness (QED) is 0.932. The van der Waals surface area contributed by atoms with E-state index < -0.39 is 11.7 Å². The Morgan fingerprint density at radius 1 is 1.43 bits per heavy atom. The number of nitrogens with zero attached hydrogens (tertiary/aromatic N) is 1. The molecule has 1 unspecified atom stereocenters. The molecule has 1 aliphatic heterocycles. The normalized spacial score (nSPS) is 22.6. The maximum Gasteiger partial charge on any atom is 0.416 e. The summed E-state index contributed by atoms with van der Waals surface area (Å²) >= 11 is 0. The molecule has 6 heteroatoms. The third kappa shape index (κ3) is 3.75. The van der Waals surface area contributed by atoms with Crippen molar-refractivity contribution in [3.63, 3.8) is 0 Å². The molecule has 1 heterocycles. The highest BCUT2D eigenvalue weighted by atomic mass is 19.4. The summed E-state index contributed by atoms with van der Waals surface area (Å²) in [5.74, 6) is -0.147. The first-order chi connectivity index (χ1) is 9.73. The molecule has 1 fully saturated rings. The Labute approximate surface area is 121 Å². The molecule has 116 valence electrons. The highest BCUT2D eigenvalue weighted by molar-refractivity contribution is 5.79. The van der Waals surface area contributed by atoms with Crippen LogP contribution in [0.3, 0.4) is 0 Å². The van der Waals surface area contributed by atoms with Crippen molar-refractivity contribution < 1.29 is 18.0 Å². The Kier molecular flexibility index (Phi) is 4.27. The van der Waals surface area contributed by atoms with E-state index in [1.54, 1.807) is 11.0 Å².